The third-order valence-corrected chi connectivity index (χ3v) is 3.94. The van der Waals surface area contributed by atoms with E-state index in [0.29, 0.717) is 0 Å². The van der Waals surface area contributed by atoms with Crippen LogP contribution in [0.5, 0.6) is 0 Å². The molecule has 1 N–H and O–H groups in total. The van der Waals surface area contributed by atoms with Gasteiger partial charge in [0.15, 0.2) is 0 Å². The minimum atomic E-state index is -0.406. The Bertz CT molecular complexity index is 449. The third kappa shape index (κ3) is 2.90. The van der Waals surface area contributed by atoms with E-state index in [4.69, 9.17) is 5.26 Å². The first-order valence-corrected chi connectivity index (χ1v) is 6.56. The van der Waals surface area contributed by atoms with E-state index < -0.39 is 5.54 Å². The molecule has 1 unspecified atom stereocenters. The molecule has 0 bridgehead atoms. The van der Waals surface area contributed by atoms with Crippen LogP contribution >= 0.6 is 0 Å². The zero-order valence-corrected chi connectivity index (χ0v) is 11.2. The van der Waals surface area contributed by atoms with Crippen LogP contribution in [0.3, 0.4) is 0 Å². The number of nitriles is 1. The summed E-state index contributed by atoms with van der Waals surface area (Å²) in [6, 6.07) is 11.0. The second kappa shape index (κ2) is 5.51. The Morgan fingerprint density at radius 3 is 2.78 bits per heavy atom. The van der Waals surface area contributed by atoms with Gasteiger partial charge in [-0.3, -0.25) is 4.90 Å². The van der Waals surface area contributed by atoms with Crippen LogP contribution < -0.4 is 5.32 Å². The van der Waals surface area contributed by atoms with Gasteiger partial charge in [0.1, 0.15) is 5.54 Å². The standard InChI is InChI=1S/C15H21N3/c1-15(12-16,17-2)8-10-18-9-7-13-5-3-4-6-14(13)11-18/h3-6,17H,7-11H2,1-2H3. The summed E-state index contributed by atoms with van der Waals surface area (Å²) in [5.74, 6) is 0. The normalized spacial score (nSPS) is 18.7. The van der Waals surface area contributed by atoms with Crippen molar-refractivity contribution in [1.82, 2.24) is 10.2 Å². The fourth-order valence-corrected chi connectivity index (χ4v) is 2.36. The van der Waals surface area contributed by atoms with Crippen LogP contribution in [0.4, 0.5) is 0 Å². The Morgan fingerprint density at radius 2 is 2.11 bits per heavy atom. The minimum absolute atomic E-state index is 0.406. The van der Waals surface area contributed by atoms with Crippen molar-refractivity contribution in [3.63, 3.8) is 0 Å². The average molecular weight is 243 g/mol. The van der Waals surface area contributed by atoms with Crippen molar-refractivity contribution >= 4 is 0 Å². The Balaban J connectivity index is 1.93. The molecule has 0 amide bonds. The molecule has 96 valence electrons. The van der Waals surface area contributed by atoms with Crippen LogP contribution in [-0.4, -0.2) is 30.6 Å². The van der Waals surface area contributed by atoms with Gasteiger partial charge in [-0.25, -0.2) is 0 Å². The van der Waals surface area contributed by atoms with Gasteiger partial charge < -0.3 is 5.32 Å². The Labute approximate surface area is 109 Å². The molecule has 3 nitrogen and oxygen atoms in total. The first-order chi connectivity index (χ1) is 8.67. The molecule has 0 saturated carbocycles. The highest BCUT2D eigenvalue weighted by Crippen LogP contribution is 2.19. The van der Waals surface area contributed by atoms with E-state index in [1.165, 1.54) is 11.1 Å². The molecule has 0 radical (unpaired) electrons. The predicted molar refractivity (Wildman–Crippen MR) is 73.1 cm³/mol. The molecule has 1 aromatic rings. The van der Waals surface area contributed by atoms with E-state index in [1.807, 2.05) is 14.0 Å². The molecule has 3 heteroatoms. The Morgan fingerprint density at radius 1 is 1.39 bits per heavy atom. The van der Waals surface area contributed by atoms with Crippen molar-refractivity contribution in [2.75, 3.05) is 20.1 Å². The van der Waals surface area contributed by atoms with Gasteiger partial charge >= 0.3 is 0 Å². The van der Waals surface area contributed by atoms with Crippen molar-refractivity contribution in [3.05, 3.63) is 35.4 Å². The molecule has 0 aromatic heterocycles. The van der Waals surface area contributed by atoms with Gasteiger partial charge in [-0.15, -0.1) is 0 Å². The highest BCUT2D eigenvalue weighted by Gasteiger charge is 2.23. The van der Waals surface area contributed by atoms with Crippen LogP contribution in [0.25, 0.3) is 0 Å². The highest BCUT2D eigenvalue weighted by molar-refractivity contribution is 5.29. The second-order valence-corrected chi connectivity index (χ2v) is 5.24. The van der Waals surface area contributed by atoms with Gasteiger partial charge in [-0.2, -0.15) is 5.26 Å². The summed E-state index contributed by atoms with van der Waals surface area (Å²) in [5.41, 5.74) is 2.51. The maximum atomic E-state index is 9.14. The first kappa shape index (κ1) is 13.1. The molecule has 1 atom stereocenters. The summed E-state index contributed by atoms with van der Waals surface area (Å²) in [6.45, 7) is 5.05. The lowest BCUT2D eigenvalue weighted by Crippen LogP contribution is -2.42. The largest absolute Gasteiger partial charge is 0.303 e. The molecule has 1 aromatic carbocycles. The monoisotopic (exact) mass is 243 g/mol. The fraction of sp³-hybridized carbons (Fsp3) is 0.533. The molecule has 1 heterocycles. The Kier molecular flexibility index (Phi) is 4.00. The molecule has 18 heavy (non-hydrogen) atoms. The zero-order valence-electron chi connectivity index (χ0n) is 11.2. The molecule has 1 aliphatic rings. The van der Waals surface area contributed by atoms with E-state index in [-0.39, 0.29) is 0 Å². The summed E-state index contributed by atoms with van der Waals surface area (Å²) < 4.78 is 0. The predicted octanol–water partition coefficient (Wildman–Crippen LogP) is 1.94. The van der Waals surface area contributed by atoms with Gasteiger partial charge in [0.25, 0.3) is 0 Å². The number of nitrogens with zero attached hydrogens (tertiary/aromatic N) is 2. The van der Waals surface area contributed by atoms with Crippen molar-refractivity contribution in [2.24, 2.45) is 0 Å². The molecule has 0 spiro atoms. The van der Waals surface area contributed by atoms with Crippen LogP contribution in [-0.2, 0) is 13.0 Å². The number of hydrogen-bond donors (Lipinski definition) is 1. The molecular weight excluding hydrogens is 222 g/mol. The van der Waals surface area contributed by atoms with Crippen molar-refractivity contribution in [1.29, 1.82) is 5.26 Å². The number of fused-ring (bicyclic) bond motifs is 1. The van der Waals surface area contributed by atoms with Crippen LogP contribution in [0, 0.1) is 11.3 Å². The van der Waals surface area contributed by atoms with Crippen LogP contribution in [0.2, 0.25) is 0 Å². The number of hydrogen-bond acceptors (Lipinski definition) is 3. The van der Waals surface area contributed by atoms with E-state index in [2.05, 4.69) is 40.6 Å². The van der Waals surface area contributed by atoms with Crippen molar-refractivity contribution < 1.29 is 0 Å². The maximum Gasteiger partial charge on any atom is 0.104 e. The molecule has 0 aliphatic carbocycles. The van der Waals surface area contributed by atoms with Crippen molar-refractivity contribution in [3.8, 4) is 6.07 Å². The van der Waals surface area contributed by atoms with Crippen LogP contribution in [0.15, 0.2) is 24.3 Å². The first-order valence-electron chi connectivity index (χ1n) is 6.56. The average Bonchev–Trinajstić information content (AvgIpc) is 2.44. The van der Waals surface area contributed by atoms with Gasteiger partial charge in [0.05, 0.1) is 6.07 Å². The lowest BCUT2D eigenvalue weighted by Gasteiger charge is -2.31. The fourth-order valence-electron chi connectivity index (χ4n) is 2.36. The summed E-state index contributed by atoms with van der Waals surface area (Å²) in [5, 5.41) is 12.2. The maximum absolute atomic E-state index is 9.14. The smallest absolute Gasteiger partial charge is 0.104 e. The quantitative estimate of drug-likeness (QED) is 0.878. The summed E-state index contributed by atoms with van der Waals surface area (Å²) >= 11 is 0. The highest BCUT2D eigenvalue weighted by atomic mass is 15.1. The second-order valence-electron chi connectivity index (χ2n) is 5.24. The molecule has 0 saturated heterocycles. The number of rotatable bonds is 4. The van der Waals surface area contributed by atoms with Gasteiger partial charge in [0.2, 0.25) is 0 Å². The van der Waals surface area contributed by atoms with Crippen LogP contribution in [0.1, 0.15) is 24.5 Å². The van der Waals surface area contributed by atoms with E-state index in [1.54, 1.807) is 0 Å². The Hall–Kier alpha value is -1.37. The minimum Gasteiger partial charge on any atom is -0.303 e. The van der Waals surface area contributed by atoms with Gasteiger partial charge in [0, 0.05) is 19.6 Å². The van der Waals surface area contributed by atoms with Crippen molar-refractivity contribution in [2.45, 2.75) is 31.8 Å². The SMILES string of the molecule is CNC(C)(C#N)CCN1CCc2ccccc2C1. The summed E-state index contributed by atoms with van der Waals surface area (Å²) in [4.78, 5) is 2.44. The third-order valence-electron chi connectivity index (χ3n) is 3.94. The molecule has 2 rings (SSSR count). The lowest BCUT2D eigenvalue weighted by atomic mass is 9.97. The topological polar surface area (TPSA) is 39.1 Å². The molecule has 1 aliphatic heterocycles. The molecular formula is C15H21N3. The van der Waals surface area contributed by atoms with E-state index >= 15 is 0 Å². The summed E-state index contributed by atoms with van der Waals surface area (Å²) in [7, 11) is 1.86. The lowest BCUT2D eigenvalue weighted by molar-refractivity contribution is 0.231. The number of benzene rings is 1. The van der Waals surface area contributed by atoms with Gasteiger partial charge in [-0.1, -0.05) is 24.3 Å². The summed E-state index contributed by atoms with van der Waals surface area (Å²) in [6.07, 6.45) is 1.99. The number of nitrogens with one attached hydrogen (secondary N) is 1. The molecule has 0 fully saturated rings. The van der Waals surface area contributed by atoms with Gasteiger partial charge in [-0.05, 0) is 37.9 Å². The van der Waals surface area contributed by atoms with E-state index in [0.717, 1.165) is 32.5 Å². The van der Waals surface area contributed by atoms with E-state index in [9.17, 15) is 0 Å². The zero-order chi connectivity index (χ0) is 13.0.